The fourth-order valence-electron chi connectivity index (χ4n) is 4.76. The molecule has 5 rings (SSSR count). The van der Waals surface area contributed by atoms with Crippen molar-refractivity contribution in [2.24, 2.45) is 0 Å². The summed E-state index contributed by atoms with van der Waals surface area (Å²) in [5.41, 5.74) is 6.41. The first-order chi connectivity index (χ1) is 21.9. The number of rotatable bonds is 11. The summed E-state index contributed by atoms with van der Waals surface area (Å²) in [6.07, 6.45) is 0. The molecule has 0 aliphatic heterocycles. The van der Waals surface area contributed by atoms with E-state index in [2.05, 4.69) is 0 Å². The van der Waals surface area contributed by atoms with Crippen molar-refractivity contribution in [3.05, 3.63) is 160 Å². The molecule has 0 N–H and O–H groups in total. The Hall–Kier alpha value is -5.69. The van der Waals surface area contributed by atoms with Gasteiger partial charge in [-0.2, -0.15) is 0 Å². The summed E-state index contributed by atoms with van der Waals surface area (Å²) in [6.45, 7) is 2.14. The molecule has 0 spiro atoms. The van der Waals surface area contributed by atoms with Gasteiger partial charge in [0.1, 0.15) is 25.6 Å². The molecule has 0 bridgehead atoms. The van der Waals surface area contributed by atoms with E-state index in [4.69, 9.17) is 18.9 Å². The van der Waals surface area contributed by atoms with E-state index in [-0.39, 0.29) is 25.8 Å². The standard InChI is InChI=1S/C38H32O7/c1-26-20-31(18-19-35(26)38(41)42-2)30-14-9-15-34(22-30)43-23-27-16-17-32(24-44-36(39)28-10-5-3-6-11-28)33(21-27)25-45-37(40)29-12-7-4-8-13-29/h3-22H,23-25H2,1-2H3. The van der Waals surface area contributed by atoms with Crippen LogP contribution in [-0.4, -0.2) is 25.0 Å². The number of hydrogen-bond acceptors (Lipinski definition) is 7. The monoisotopic (exact) mass is 600 g/mol. The zero-order valence-corrected chi connectivity index (χ0v) is 25.0. The number of methoxy groups -OCH3 is 1. The first-order valence-electron chi connectivity index (χ1n) is 14.4. The number of carbonyl (C=O) groups excluding carboxylic acids is 3. The molecule has 226 valence electrons. The van der Waals surface area contributed by atoms with E-state index in [1.54, 1.807) is 54.6 Å². The van der Waals surface area contributed by atoms with Crippen LogP contribution in [0.5, 0.6) is 5.75 Å². The second kappa shape index (κ2) is 14.7. The summed E-state index contributed by atoms with van der Waals surface area (Å²) >= 11 is 0. The molecule has 45 heavy (non-hydrogen) atoms. The van der Waals surface area contributed by atoms with Crippen molar-refractivity contribution in [1.82, 2.24) is 0 Å². The summed E-state index contributed by atoms with van der Waals surface area (Å²) in [6, 6.07) is 36.4. The van der Waals surface area contributed by atoms with Crippen LogP contribution in [0.1, 0.15) is 53.3 Å². The SMILES string of the molecule is COC(=O)c1ccc(-c2cccc(OCc3ccc(COC(=O)c4ccccc4)c(COC(=O)c4ccccc4)c3)c2)cc1C. The minimum atomic E-state index is -0.448. The van der Waals surface area contributed by atoms with Gasteiger partial charge in [0.05, 0.1) is 23.8 Å². The lowest BCUT2D eigenvalue weighted by atomic mass is 10.00. The molecule has 0 radical (unpaired) electrons. The van der Waals surface area contributed by atoms with Crippen molar-refractivity contribution < 1.29 is 33.3 Å². The Balaban J connectivity index is 1.30. The number of hydrogen-bond donors (Lipinski definition) is 0. The van der Waals surface area contributed by atoms with Gasteiger partial charge in [0.15, 0.2) is 0 Å². The van der Waals surface area contributed by atoms with Crippen molar-refractivity contribution in [3.8, 4) is 16.9 Å². The molecule has 7 heteroatoms. The Labute approximate surface area is 262 Å². The second-order valence-electron chi connectivity index (χ2n) is 10.3. The molecular weight excluding hydrogens is 568 g/mol. The smallest absolute Gasteiger partial charge is 0.338 e. The predicted molar refractivity (Wildman–Crippen MR) is 170 cm³/mol. The molecule has 5 aromatic carbocycles. The largest absolute Gasteiger partial charge is 0.489 e. The Bertz CT molecular complexity index is 1800. The highest BCUT2D eigenvalue weighted by atomic mass is 16.5. The van der Waals surface area contributed by atoms with Crippen LogP contribution in [0.2, 0.25) is 0 Å². The fraction of sp³-hybridized carbons (Fsp3) is 0.132. The third-order valence-electron chi connectivity index (χ3n) is 7.21. The summed E-state index contributed by atoms with van der Waals surface area (Å²) in [7, 11) is 1.37. The maximum Gasteiger partial charge on any atom is 0.338 e. The first kappa shape index (κ1) is 30.8. The van der Waals surface area contributed by atoms with Gasteiger partial charge in [-0.15, -0.1) is 0 Å². The van der Waals surface area contributed by atoms with Gasteiger partial charge < -0.3 is 18.9 Å². The maximum absolute atomic E-state index is 12.7. The lowest BCUT2D eigenvalue weighted by molar-refractivity contribution is 0.0435. The molecule has 0 aliphatic rings. The maximum atomic E-state index is 12.7. The van der Waals surface area contributed by atoms with Crippen molar-refractivity contribution >= 4 is 17.9 Å². The van der Waals surface area contributed by atoms with Gasteiger partial charge in [-0.05, 0) is 88.8 Å². The van der Waals surface area contributed by atoms with Crippen LogP contribution in [0, 0.1) is 6.92 Å². The van der Waals surface area contributed by atoms with E-state index in [1.807, 2.05) is 73.7 Å². The quantitative estimate of drug-likeness (QED) is 0.113. The van der Waals surface area contributed by atoms with Crippen molar-refractivity contribution in [2.75, 3.05) is 7.11 Å². The molecule has 0 saturated carbocycles. The normalized spacial score (nSPS) is 10.5. The molecule has 0 amide bonds. The Morgan fingerprint density at radius 3 is 1.80 bits per heavy atom. The zero-order valence-electron chi connectivity index (χ0n) is 25.0. The molecule has 0 heterocycles. The van der Waals surface area contributed by atoms with Gasteiger partial charge in [0, 0.05) is 0 Å². The summed E-state index contributed by atoms with van der Waals surface area (Å²) in [4.78, 5) is 37.2. The number of esters is 3. The first-order valence-corrected chi connectivity index (χ1v) is 14.4. The minimum Gasteiger partial charge on any atom is -0.489 e. The highest BCUT2D eigenvalue weighted by Gasteiger charge is 2.14. The summed E-state index contributed by atoms with van der Waals surface area (Å²) in [5.74, 6) is -0.591. The Morgan fingerprint density at radius 2 is 1.18 bits per heavy atom. The van der Waals surface area contributed by atoms with Crippen molar-refractivity contribution in [1.29, 1.82) is 0 Å². The second-order valence-corrected chi connectivity index (χ2v) is 10.3. The number of benzene rings is 5. The van der Waals surface area contributed by atoms with E-state index in [1.165, 1.54) is 7.11 Å². The van der Waals surface area contributed by atoms with Gasteiger partial charge in [-0.3, -0.25) is 0 Å². The molecule has 0 unspecified atom stereocenters. The van der Waals surface area contributed by atoms with Crippen LogP contribution in [0.3, 0.4) is 0 Å². The lowest BCUT2D eigenvalue weighted by Gasteiger charge is -2.14. The van der Waals surface area contributed by atoms with Crippen LogP contribution in [-0.2, 0) is 34.0 Å². The summed E-state index contributed by atoms with van der Waals surface area (Å²) < 4.78 is 22.2. The highest BCUT2D eigenvalue weighted by molar-refractivity contribution is 5.92. The Morgan fingerprint density at radius 1 is 0.556 bits per heavy atom. The van der Waals surface area contributed by atoms with Crippen molar-refractivity contribution in [2.45, 2.75) is 26.7 Å². The highest BCUT2D eigenvalue weighted by Crippen LogP contribution is 2.27. The van der Waals surface area contributed by atoms with Crippen LogP contribution in [0.4, 0.5) is 0 Å². The zero-order chi connectivity index (χ0) is 31.6. The molecule has 5 aromatic rings. The van der Waals surface area contributed by atoms with E-state index in [0.717, 1.165) is 27.8 Å². The van der Waals surface area contributed by atoms with Crippen LogP contribution in [0.15, 0.2) is 121 Å². The minimum absolute atomic E-state index is 0.00378. The molecule has 0 aromatic heterocycles. The third kappa shape index (κ3) is 8.03. The number of carbonyl (C=O) groups is 3. The molecular formula is C38H32O7. The van der Waals surface area contributed by atoms with Gasteiger partial charge in [-0.25, -0.2) is 14.4 Å². The van der Waals surface area contributed by atoms with Crippen LogP contribution in [0.25, 0.3) is 11.1 Å². The average molecular weight is 601 g/mol. The van der Waals surface area contributed by atoms with E-state index in [9.17, 15) is 14.4 Å². The Kier molecular flexibility index (Phi) is 10.0. The van der Waals surface area contributed by atoms with Gasteiger partial charge in [0.25, 0.3) is 0 Å². The topological polar surface area (TPSA) is 88.1 Å². The molecule has 7 nitrogen and oxygen atoms in total. The van der Waals surface area contributed by atoms with E-state index in [0.29, 0.717) is 28.0 Å². The molecule has 0 fully saturated rings. The molecule has 0 aliphatic carbocycles. The number of ether oxygens (including phenoxy) is 4. The molecule has 0 atom stereocenters. The van der Waals surface area contributed by atoms with Crippen LogP contribution < -0.4 is 4.74 Å². The van der Waals surface area contributed by atoms with Crippen LogP contribution >= 0.6 is 0 Å². The van der Waals surface area contributed by atoms with Gasteiger partial charge in [0.2, 0.25) is 0 Å². The lowest BCUT2D eigenvalue weighted by Crippen LogP contribution is -2.10. The van der Waals surface area contributed by atoms with Crippen molar-refractivity contribution in [3.63, 3.8) is 0 Å². The number of aryl methyl sites for hydroxylation is 1. The summed E-state index contributed by atoms with van der Waals surface area (Å²) in [5, 5.41) is 0. The third-order valence-corrected chi connectivity index (χ3v) is 7.21. The average Bonchev–Trinajstić information content (AvgIpc) is 3.09. The van der Waals surface area contributed by atoms with E-state index < -0.39 is 11.9 Å². The fourth-order valence-corrected chi connectivity index (χ4v) is 4.76. The predicted octanol–water partition coefficient (Wildman–Crippen LogP) is 7.74. The molecule has 0 saturated heterocycles. The van der Waals surface area contributed by atoms with Gasteiger partial charge >= 0.3 is 17.9 Å². The van der Waals surface area contributed by atoms with E-state index >= 15 is 0 Å². The van der Waals surface area contributed by atoms with Gasteiger partial charge in [-0.1, -0.05) is 72.8 Å².